The maximum atomic E-state index is 13.6. The van der Waals surface area contributed by atoms with Crippen LogP contribution in [0, 0.1) is 12.7 Å². The highest BCUT2D eigenvalue weighted by Gasteiger charge is 2.24. The number of nitrogens with zero attached hydrogens (tertiary/aromatic N) is 3. The van der Waals surface area contributed by atoms with Gasteiger partial charge in [-0.1, -0.05) is 41.1 Å². The van der Waals surface area contributed by atoms with Crippen LogP contribution in [0.4, 0.5) is 9.52 Å². The molecule has 28 heavy (non-hydrogen) atoms. The van der Waals surface area contributed by atoms with Crippen LogP contribution in [0.25, 0.3) is 10.2 Å². The van der Waals surface area contributed by atoms with Gasteiger partial charge in [0.2, 0.25) is 0 Å². The summed E-state index contributed by atoms with van der Waals surface area (Å²) in [6.45, 7) is 4.36. The first-order valence-electron chi connectivity index (χ1n) is 8.98. The summed E-state index contributed by atoms with van der Waals surface area (Å²) < 4.78 is 19.9. The fourth-order valence-electron chi connectivity index (χ4n) is 3.17. The van der Waals surface area contributed by atoms with Gasteiger partial charge in [0.1, 0.15) is 0 Å². The maximum absolute atomic E-state index is 13.6. The van der Waals surface area contributed by atoms with Gasteiger partial charge in [-0.2, -0.15) is 0 Å². The van der Waals surface area contributed by atoms with Crippen molar-refractivity contribution >= 4 is 44.2 Å². The predicted octanol–water partition coefficient (Wildman–Crippen LogP) is 4.12. The largest absolute Gasteiger partial charge is 0.481 e. The van der Waals surface area contributed by atoms with Gasteiger partial charge in [0, 0.05) is 26.2 Å². The van der Waals surface area contributed by atoms with Crippen LogP contribution in [0.1, 0.15) is 5.56 Å². The van der Waals surface area contributed by atoms with Gasteiger partial charge < -0.3 is 14.5 Å². The monoisotopic (exact) mass is 419 g/mol. The molecule has 4 rings (SSSR count). The number of aryl methyl sites for hydroxylation is 1. The zero-order valence-electron chi connectivity index (χ0n) is 15.3. The van der Waals surface area contributed by atoms with Crippen LogP contribution in [0.5, 0.6) is 5.75 Å². The quantitative estimate of drug-likeness (QED) is 0.638. The van der Waals surface area contributed by atoms with Crippen LogP contribution < -0.4 is 9.64 Å². The molecule has 1 amide bonds. The lowest BCUT2D eigenvalue weighted by molar-refractivity contribution is -0.133. The number of hydrogen-bond acceptors (Lipinski definition) is 5. The van der Waals surface area contributed by atoms with Crippen molar-refractivity contribution in [2.75, 3.05) is 37.7 Å². The zero-order valence-corrected chi connectivity index (χ0v) is 16.9. The Kier molecular flexibility index (Phi) is 5.37. The van der Waals surface area contributed by atoms with Crippen molar-refractivity contribution < 1.29 is 13.9 Å². The molecule has 146 valence electrons. The summed E-state index contributed by atoms with van der Waals surface area (Å²) in [5.41, 5.74) is 2.03. The topological polar surface area (TPSA) is 45.7 Å². The van der Waals surface area contributed by atoms with Crippen molar-refractivity contribution in [2.24, 2.45) is 0 Å². The Morgan fingerprint density at radius 1 is 1.21 bits per heavy atom. The van der Waals surface area contributed by atoms with E-state index in [1.807, 2.05) is 19.1 Å². The Labute approximate surface area is 171 Å². The van der Waals surface area contributed by atoms with E-state index in [-0.39, 0.29) is 18.3 Å². The number of piperazine rings is 1. The number of carbonyl (C=O) groups excluding carboxylic acids is 1. The first kappa shape index (κ1) is 19.0. The fourth-order valence-corrected chi connectivity index (χ4v) is 4.53. The number of halogens is 2. The molecule has 1 fully saturated rings. The first-order chi connectivity index (χ1) is 13.5. The lowest BCUT2D eigenvalue weighted by atomic mass is 10.2. The fraction of sp³-hybridized carbons (Fsp3) is 0.300. The molecule has 1 saturated heterocycles. The third kappa shape index (κ3) is 3.77. The van der Waals surface area contributed by atoms with Gasteiger partial charge in [-0.3, -0.25) is 4.79 Å². The summed E-state index contributed by atoms with van der Waals surface area (Å²) in [6, 6.07) is 9.95. The van der Waals surface area contributed by atoms with Crippen LogP contribution in [-0.2, 0) is 4.79 Å². The van der Waals surface area contributed by atoms with Crippen molar-refractivity contribution in [3.05, 3.63) is 52.8 Å². The third-order valence-corrected chi connectivity index (χ3v) is 6.35. The lowest BCUT2D eigenvalue weighted by Crippen LogP contribution is -2.50. The molecule has 0 radical (unpaired) electrons. The van der Waals surface area contributed by atoms with Crippen molar-refractivity contribution in [1.82, 2.24) is 9.88 Å². The molecule has 0 spiro atoms. The van der Waals surface area contributed by atoms with E-state index in [1.165, 1.54) is 12.1 Å². The summed E-state index contributed by atoms with van der Waals surface area (Å²) in [7, 11) is 0. The predicted molar refractivity (Wildman–Crippen MR) is 110 cm³/mol. The second-order valence-electron chi connectivity index (χ2n) is 6.63. The van der Waals surface area contributed by atoms with Gasteiger partial charge in [0.05, 0.1) is 15.2 Å². The lowest BCUT2D eigenvalue weighted by Gasteiger charge is -2.34. The Hall–Kier alpha value is -2.38. The molecule has 3 aromatic rings. The minimum Gasteiger partial charge on any atom is -0.481 e. The van der Waals surface area contributed by atoms with Gasteiger partial charge in [0.15, 0.2) is 23.3 Å². The number of carbonyl (C=O) groups is 1. The molecule has 8 heteroatoms. The smallest absolute Gasteiger partial charge is 0.260 e. The Balaban J connectivity index is 1.37. The molecule has 2 aromatic carbocycles. The molecule has 2 heterocycles. The number of amides is 1. The minimum absolute atomic E-state index is 0.0937. The standard InChI is InChI=1S/C20H19ClFN3O2S/c1-13-6-7-14(21)19-18(13)23-20(28-19)25-10-8-24(9-11-25)17(26)12-27-16-5-3-2-4-15(16)22/h2-7H,8-12H2,1H3. The van der Waals surface area contributed by atoms with E-state index in [1.54, 1.807) is 28.4 Å². The molecule has 5 nitrogen and oxygen atoms in total. The van der Waals surface area contributed by atoms with Crippen LogP contribution in [0.15, 0.2) is 36.4 Å². The van der Waals surface area contributed by atoms with E-state index in [0.717, 1.165) is 20.9 Å². The van der Waals surface area contributed by atoms with Gasteiger partial charge in [0.25, 0.3) is 5.91 Å². The molecule has 1 aliphatic heterocycles. The van der Waals surface area contributed by atoms with Crippen molar-refractivity contribution in [1.29, 1.82) is 0 Å². The highest BCUT2D eigenvalue weighted by atomic mass is 35.5. The normalized spacial score (nSPS) is 14.5. The SMILES string of the molecule is Cc1ccc(Cl)c2sc(N3CCN(C(=O)COc4ccccc4F)CC3)nc12. The van der Waals surface area contributed by atoms with Crippen molar-refractivity contribution in [2.45, 2.75) is 6.92 Å². The summed E-state index contributed by atoms with van der Waals surface area (Å²) in [4.78, 5) is 21.0. The van der Waals surface area contributed by atoms with Crippen molar-refractivity contribution in [3.8, 4) is 5.75 Å². The highest BCUT2D eigenvalue weighted by Crippen LogP contribution is 2.35. The van der Waals surface area contributed by atoms with Gasteiger partial charge in [-0.05, 0) is 30.7 Å². The average Bonchev–Trinajstić information content (AvgIpc) is 3.17. The molecule has 0 unspecified atom stereocenters. The Morgan fingerprint density at radius 2 is 1.96 bits per heavy atom. The average molecular weight is 420 g/mol. The summed E-state index contributed by atoms with van der Waals surface area (Å²) >= 11 is 7.88. The summed E-state index contributed by atoms with van der Waals surface area (Å²) in [5, 5.41) is 1.63. The number of benzene rings is 2. The Bertz CT molecular complexity index is 979. The molecule has 0 bridgehead atoms. The van der Waals surface area contributed by atoms with Gasteiger partial charge >= 0.3 is 0 Å². The maximum Gasteiger partial charge on any atom is 0.260 e. The molecule has 0 aliphatic carbocycles. The second-order valence-corrected chi connectivity index (χ2v) is 8.01. The van der Waals surface area contributed by atoms with Crippen molar-refractivity contribution in [3.63, 3.8) is 0 Å². The molecule has 1 aliphatic rings. The Morgan fingerprint density at radius 3 is 2.68 bits per heavy atom. The van der Waals surface area contributed by atoms with Gasteiger partial charge in [-0.15, -0.1) is 0 Å². The number of anilines is 1. The number of thiazole rings is 1. The molecule has 1 aromatic heterocycles. The number of ether oxygens (including phenoxy) is 1. The second kappa shape index (κ2) is 7.93. The summed E-state index contributed by atoms with van der Waals surface area (Å²) in [6.07, 6.45) is 0. The number of rotatable bonds is 4. The molecule has 0 saturated carbocycles. The number of fused-ring (bicyclic) bond motifs is 1. The van der Waals surface area contributed by atoms with Crippen LogP contribution in [-0.4, -0.2) is 48.6 Å². The number of para-hydroxylation sites is 1. The summed E-state index contributed by atoms with van der Waals surface area (Å²) in [5.74, 6) is -0.521. The van der Waals surface area contributed by atoms with E-state index in [9.17, 15) is 9.18 Å². The van der Waals surface area contributed by atoms with Gasteiger partial charge in [-0.25, -0.2) is 9.37 Å². The first-order valence-corrected chi connectivity index (χ1v) is 10.2. The molecular weight excluding hydrogens is 401 g/mol. The molecule has 0 atom stereocenters. The van der Waals surface area contributed by atoms with Crippen LogP contribution in [0.3, 0.4) is 0 Å². The number of aromatic nitrogens is 1. The third-order valence-electron chi connectivity index (χ3n) is 4.78. The minimum atomic E-state index is -0.468. The van der Waals surface area contributed by atoms with E-state index in [4.69, 9.17) is 21.3 Å². The zero-order chi connectivity index (χ0) is 19.7. The van der Waals surface area contributed by atoms with E-state index < -0.39 is 5.82 Å². The van der Waals surface area contributed by atoms with E-state index >= 15 is 0 Å². The van der Waals surface area contributed by atoms with E-state index in [0.29, 0.717) is 31.2 Å². The van der Waals surface area contributed by atoms with Crippen LogP contribution >= 0.6 is 22.9 Å². The highest BCUT2D eigenvalue weighted by molar-refractivity contribution is 7.22. The van der Waals surface area contributed by atoms with Crippen LogP contribution in [0.2, 0.25) is 5.02 Å². The molecular formula is C20H19ClFN3O2S. The number of hydrogen-bond donors (Lipinski definition) is 0. The molecule has 0 N–H and O–H groups in total. The van der Waals surface area contributed by atoms with E-state index in [2.05, 4.69) is 4.90 Å².